The monoisotopic (exact) mass is 207 g/mol. The van der Waals surface area contributed by atoms with E-state index in [-0.39, 0.29) is 6.61 Å². The predicted octanol–water partition coefficient (Wildman–Crippen LogP) is 1.18. The van der Waals surface area contributed by atoms with Gasteiger partial charge in [-0.05, 0) is 12.8 Å². The van der Waals surface area contributed by atoms with Crippen molar-refractivity contribution >= 4 is 5.82 Å². The van der Waals surface area contributed by atoms with Crippen LogP contribution in [0.2, 0.25) is 0 Å². The highest BCUT2D eigenvalue weighted by atomic mass is 16.3. The van der Waals surface area contributed by atoms with E-state index >= 15 is 0 Å². The van der Waals surface area contributed by atoms with Gasteiger partial charge in [-0.15, -0.1) is 0 Å². The molecule has 1 aliphatic carbocycles. The number of anilines is 1. The van der Waals surface area contributed by atoms with Crippen LogP contribution in [0.1, 0.15) is 30.9 Å². The Bertz CT molecular complexity index is 357. The molecule has 0 amide bonds. The minimum absolute atomic E-state index is 0.241. The molecule has 2 N–H and O–H groups in total. The highest BCUT2D eigenvalue weighted by Crippen LogP contribution is 2.37. The summed E-state index contributed by atoms with van der Waals surface area (Å²) in [6, 6.07) is 2.18. The Morgan fingerprint density at radius 3 is 3.07 bits per heavy atom. The fraction of sp³-hybridized carbons (Fsp3) is 0.727. The molecule has 82 valence electrons. The molecular formula is C11H17N3O. The highest BCUT2D eigenvalue weighted by molar-refractivity contribution is 5.40. The molecule has 1 aliphatic heterocycles. The van der Waals surface area contributed by atoms with E-state index in [9.17, 15) is 0 Å². The van der Waals surface area contributed by atoms with Gasteiger partial charge in [-0.25, -0.2) is 4.68 Å². The summed E-state index contributed by atoms with van der Waals surface area (Å²) in [5.41, 5.74) is 1.24. The zero-order valence-corrected chi connectivity index (χ0v) is 8.82. The molecule has 1 unspecified atom stereocenters. The Balaban J connectivity index is 1.81. The lowest BCUT2D eigenvalue weighted by molar-refractivity contribution is 0.209. The number of aliphatic hydroxyl groups excluding tert-OH is 1. The Hall–Kier alpha value is -1.03. The van der Waals surface area contributed by atoms with Gasteiger partial charge in [0.1, 0.15) is 5.82 Å². The number of hydrogen-bond donors (Lipinski definition) is 2. The van der Waals surface area contributed by atoms with Crippen molar-refractivity contribution in [3.05, 3.63) is 11.8 Å². The third-order valence-corrected chi connectivity index (χ3v) is 3.58. The lowest BCUT2D eigenvalue weighted by Gasteiger charge is -2.23. The van der Waals surface area contributed by atoms with E-state index in [1.807, 2.05) is 4.68 Å². The van der Waals surface area contributed by atoms with Crippen LogP contribution in [0.4, 0.5) is 5.82 Å². The molecular weight excluding hydrogens is 190 g/mol. The van der Waals surface area contributed by atoms with Crippen LogP contribution in [-0.4, -0.2) is 28.0 Å². The van der Waals surface area contributed by atoms with E-state index in [1.165, 1.54) is 25.0 Å². The quantitative estimate of drug-likeness (QED) is 0.765. The van der Waals surface area contributed by atoms with E-state index in [0.29, 0.717) is 11.8 Å². The van der Waals surface area contributed by atoms with Gasteiger partial charge in [-0.1, -0.05) is 6.42 Å². The third kappa shape index (κ3) is 1.53. The zero-order chi connectivity index (χ0) is 10.3. The van der Waals surface area contributed by atoms with Crippen molar-refractivity contribution in [2.45, 2.75) is 31.7 Å². The first-order chi connectivity index (χ1) is 7.36. The lowest BCUT2D eigenvalue weighted by Crippen LogP contribution is -2.30. The van der Waals surface area contributed by atoms with Gasteiger partial charge in [0.15, 0.2) is 0 Å². The minimum atomic E-state index is 0.241. The van der Waals surface area contributed by atoms with Crippen LogP contribution in [0.5, 0.6) is 0 Å². The molecule has 0 aromatic carbocycles. The largest absolute Gasteiger partial charge is 0.396 e. The number of nitrogens with one attached hydrogen (secondary N) is 1. The molecule has 0 spiro atoms. The molecule has 1 fully saturated rings. The van der Waals surface area contributed by atoms with Gasteiger partial charge in [-0.2, -0.15) is 5.10 Å². The summed E-state index contributed by atoms with van der Waals surface area (Å²) >= 11 is 0. The average Bonchev–Trinajstić information content (AvgIpc) is 2.56. The van der Waals surface area contributed by atoms with Crippen LogP contribution in [0.25, 0.3) is 0 Å². The van der Waals surface area contributed by atoms with E-state index in [1.54, 1.807) is 0 Å². The van der Waals surface area contributed by atoms with E-state index < -0.39 is 0 Å². The van der Waals surface area contributed by atoms with Crippen molar-refractivity contribution in [2.24, 2.45) is 5.92 Å². The van der Waals surface area contributed by atoms with Gasteiger partial charge >= 0.3 is 0 Å². The molecule has 1 saturated carbocycles. The van der Waals surface area contributed by atoms with E-state index in [4.69, 9.17) is 5.11 Å². The normalized spacial score (nSPS) is 25.5. The molecule has 1 atom stereocenters. The summed E-state index contributed by atoms with van der Waals surface area (Å²) < 4.78 is 2.01. The number of fused-ring (bicyclic) bond motifs is 1. The Labute approximate surface area is 89.3 Å². The fourth-order valence-corrected chi connectivity index (χ4v) is 2.30. The van der Waals surface area contributed by atoms with E-state index in [0.717, 1.165) is 18.9 Å². The number of rotatable bonds is 2. The maximum Gasteiger partial charge on any atom is 0.124 e. The first-order valence-corrected chi connectivity index (χ1v) is 5.79. The van der Waals surface area contributed by atoms with E-state index in [2.05, 4.69) is 16.5 Å². The lowest BCUT2D eigenvalue weighted by atomic mass is 9.83. The van der Waals surface area contributed by atoms with Crippen molar-refractivity contribution in [3.63, 3.8) is 0 Å². The number of aromatic nitrogens is 2. The Morgan fingerprint density at radius 2 is 2.40 bits per heavy atom. The minimum Gasteiger partial charge on any atom is -0.396 e. The molecule has 4 nitrogen and oxygen atoms in total. The molecule has 0 radical (unpaired) electrons. The van der Waals surface area contributed by atoms with Gasteiger partial charge in [0, 0.05) is 37.6 Å². The summed E-state index contributed by atoms with van der Waals surface area (Å²) in [6.07, 6.45) is 3.93. The molecule has 2 heterocycles. The maximum absolute atomic E-state index is 9.11. The van der Waals surface area contributed by atoms with Gasteiger partial charge in [0.25, 0.3) is 0 Å². The van der Waals surface area contributed by atoms with Crippen molar-refractivity contribution < 1.29 is 5.11 Å². The van der Waals surface area contributed by atoms with Crippen LogP contribution < -0.4 is 5.32 Å². The third-order valence-electron chi connectivity index (χ3n) is 3.58. The summed E-state index contributed by atoms with van der Waals surface area (Å²) in [4.78, 5) is 0. The Kier molecular flexibility index (Phi) is 2.16. The van der Waals surface area contributed by atoms with Crippen LogP contribution in [-0.2, 0) is 6.54 Å². The van der Waals surface area contributed by atoms with Crippen molar-refractivity contribution in [2.75, 3.05) is 18.5 Å². The van der Waals surface area contributed by atoms with Crippen LogP contribution in [0.3, 0.4) is 0 Å². The second kappa shape index (κ2) is 3.52. The SMILES string of the molecule is OCC1CNc2cc(C3CCC3)nn2C1. The summed E-state index contributed by atoms with van der Waals surface area (Å²) in [5.74, 6) is 2.13. The molecule has 0 saturated heterocycles. The van der Waals surface area contributed by atoms with Gasteiger partial charge in [0.2, 0.25) is 0 Å². The molecule has 2 aliphatic rings. The highest BCUT2D eigenvalue weighted by Gasteiger charge is 2.25. The predicted molar refractivity (Wildman–Crippen MR) is 57.9 cm³/mol. The van der Waals surface area contributed by atoms with Gasteiger partial charge in [0.05, 0.1) is 5.69 Å². The topological polar surface area (TPSA) is 50.1 Å². The van der Waals surface area contributed by atoms with Gasteiger partial charge < -0.3 is 10.4 Å². The first kappa shape index (κ1) is 9.21. The number of hydrogen-bond acceptors (Lipinski definition) is 3. The second-order valence-electron chi connectivity index (χ2n) is 4.69. The Morgan fingerprint density at radius 1 is 1.53 bits per heavy atom. The smallest absolute Gasteiger partial charge is 0.124 e. The molecule has 1 aromatic rings. The first-order valence-electron chi connectivity index (χ1n) is 5.79. The standard InChI is InChI=1S/C11H17N3O/c15-7-8-5-12-11-4-10(9-2-1-3-9)13-14(11)6-8/h4,8-9,12,15H,1-3,5-7H2. The summed E-state index contributed by atoms with van der Waals surface area (Å²) in [7, 11) is 0. The maximum atomic E-state index is 9.11. The van der Waals surface area contributed by atoms with Crippen LogP contribution in [0, 0.1) is 5.92 Å². The van der Waals surface area contributed by atoms with Gasteiger partial charge in [-0.3, -0.25) is 0 Å². The van der Waals surface area contributed by atoms with Crippen LogP contribution in [0.15, 0.2) is 6.07 Å². The summed E-state index contributed by atoms with van der Waals surface area (Å²) in [6.45, 7) is 1.96. The molecule has 0 bridgehead atoms. The average molecular weight is 207 g/mol. The van der Waals surface area contributed by atoms with Crippen molar-refractivity contribution in [1.82, 2.24) is 9.78 Å². The second-order valence-corrected chi connectivity index (χ2v) is 4.69. The molecule has 15 heavy (non-hydrogen) atoms. The molecule has 3 rings (SSSR count). The molecule has 4 heteroatoms. The number of nitrogens with zero attached hydrogens (tertiary/aromatic N) is 2. The molecule has 1 aromatic heterocycles. The van der Waals surface area contributed by atoms with Crippen LogP contribution >= 0.6 is 0 Å². The van der Waals surface area contributed by atoms with Crippen molar-refractivity contribution in [1.29, 1.82) is 0 Å². The summed E-state index contributed by atoms with van der Waals surface area (Å²) in [5, 5.41) is 17.1. The number of aliphatic hydroxyl groups is 1. The van der Waals surface area contributed by atoms with Crippen molar-refractivity contribution in [3.8, 4) is 0 Å². The fourth-order valence-electron chi connectivity index (χ4n) is 2.30. The zero-order valence-electron chi connectivity index (χ0n) is 8.82.